The minimum absolute atomic E-state index is 0.525. The molecular weight excluding hydrogens is 137 g/mol. The van der Waals surface area contributed by atoms with E-state index in [2.05, 4.69) is 4.98 Å². The van der Waals surface area contributed by atoms with Gasteiger partial charge in [0.25, 0.3) is 0 Å². The molecule has 0 saturated carbocycles. The second kappa shape index (κ2) is 2.26. The van der Waals surface area contributed by atoms with Crippen molar-refractivity contribution in [2.45, 2.75) is 13.3 Å². The Balaban J connectivity index is 2.60. The van der Waals surface area contributed by atoms with Crippen molar-refractivity contribution in [1.82, 2.24) is 4.98 Å². The van der Waals surface area contributed by atoms with E-state index in [0.29, 0.717) is 5.59 Å². The molecule has 1 aliphatic rings. The SMILES string of the molecule is [B]c1nc(C)cc2c1OCC2. The number of fused-ring (bicyclic) bond motifs is 1. The lowest BCUT2D eigenvalue weighted by molar-refractivity contribution is 0.358. The van der Waals surface area contributed by atoms with Gasteiger partial charge in [0.15, 0.2) is 0 Å². The van der Waals surface area contributed by atoms with E-state index in [1.807, 2.05) is 13.0 Å². The van der Waals surface area contributed by atoms with Crippen molar-refractivity contribution in [3.63, 3.8) is 0 Å². The van der Waals surface area contributed by atoms with Crippen molar-refractivity contribution in [2.24, 2.45) is 0 Å². The Morgan fingerprint density at radius 3 is 3.27 bits per heavy atom. The summed E-state index contributed by atoms with van der Waals surface area (Å²) >= 11 is 0. The largest absolute Gasteiger partial charge is 0.492 e. The van der Waals surface area contributed by atoms with Gasteiger partial charge in [0.05, 0.1) is 6.61 Å². The highest BCUT2D eigenvalue weighted by Gasteiger charge is 2.14. The van der Waals surface area contributed by atoms with Crippen LogP contribution in [-0.4, -0.2) is 19.4 Å². The summed E-state index contributed by atoms with van der Waals surface area (Å²) in [4.78, 5) is 4.10. The maximum Gasteiger partial charge on any atom is 0.147 e. The molecule has 11 heavy (non-hydrogen) atoms. The van der Waals surface area contributed by atoms with Crippen molar-refractivity contribution < 1.29 is 4.74 Å². The lowest BCUT2D eigenvalue weighted by atomic mass is 9.99. The van der Waals surface area contributed by atoms with Crippen LogP contribution in [0.4, 0.5) is 0 Å². The number of nitrogens with zero attached hydrogens (tertiary/aromatic N) is 1. The van der Waals surface area contributed by atoms with Crippen molar-refractivity contribution in [2.75, 3.05) is 6.61 Å². The topological polar surface area (TPSA) is 22.1 Å². The molecule has 1 aliphatic heterocycles. The van der Waals surface area contributed by atoms with Crippen LogP contribution in [0.5, 0.6) is 5.75 Å². The average Bonchev–Trinajstić information content (AvgIpc) is 2.34. The molecule has 0 spiro atoms. The summed E-state index contributed by atoms with van der Waals surface area (Å²) in [6.07, 6.45) is 0.961. The van der Waals surface area contributed by atoms with E-state index < -0.39 is 0 Å². The van der Waals surface area contributed by atoms with Crippen LogP contribution >= 0.6 is 0 Å². The first kappa shape index (κ1) is 6.71. The maximum absolute atomic E-state index is 5.64. The van der Waals surface area contributed by atoms with Crippen molar-refractivity contribution in [3.05, 3.63) is 17.3 Å². The summed E-state index contributed by atoms with van der Waals surface area (Å²) in [6.45, 7) is 2.68. The third-order valence-corrected chi connectivity index (χ3v) is 1.82. The molecule has 0 aromatic carbocycles. The van der Waals surface area contributed by atoms with Crippen LogP contribution in [0.2, 0.25) is 0 Å². The van der Waals surface area contributed by atoms with Crippen LogP contribution in [0.1, 0.15) is 11.3 Å². The highest BCUT2D eigenvalue weighted by molar-refractivity contribution is 6.32. The Kier molecular flexibility index (Phi) is 1.38. The third-order valence-electron chi connectivity index (χ3n) is 1.82. The Morgan fingerprint density at radius 1 is 1.64 bits per heavy atom. The normalized spacial score (nSPS) is 14.3. The van der Waals surface area contributed by atoms with Crippen LogP contribution in [0.3, 0.4) is 0 Å². The minimum atomic E-state index is 0.525. The molecule has 54 valence electrons. The Hall–Kier alpha value is -0.985. The van der Waals surface area contributed by atoms with E-state index >= 15 is 0 Å². The highest BCUT2D eigenvalue weighted by atomic mass is 16.5. The molecule has 2 nitrogen and oxygen atoms in total. The molecule has 1 aromatic rings. The van der Waals surface area contributed by atoms with Crippen LogP contribution < -0.4 is 10.3 Å². The van der Waals surface area contributed by atoms with Crippen molar-refractivity contribution in [1.29, 1.82) is 0 Å². The molecule has 2 rings (SSSR count). The molecule has 0 bridgehead atoms. The number of hydrogen-bond acceptors (Lipinski definition) is 2. The molecule has 0 fully saturated rings. The predicted octanol–water partition coefficient (Wildman–Crippen LogP) is 0.119. The number of ether oxygens (including phenoxy) is 1. The molecule has 0 saturated heterocycles. The van der Waals surface area contributed by atoms with Crippen molar-refractivity contribution in [3.8, 4) is 5.75 Å². The quantitative estimate of drug-likeness (QED) is 0.483. The van der Waals surface area contributed by atoms with Gasteiger partial charge in [0.2, 0.25) is 0 Å². The van der Waals surface area contributed by atoms with E-state index in [0.717, 1.165) is 24.5 Å². The third kappa shape index (κ3) is 1.00. The molecule has 0 N–H and O–H groups in total. The Morgan fingerprint density at radius 2 is 2.45 bits per heavy atom. The van der Waals surface area contributed by atoms with Gasteiger partial charge in [-0.25, -0.2) is 0 Å². The van der Waals surface area contributed by atoms with Gasteiger partial charge in [-0.05, 0) is 13.0 Å². The molecule has 0 aliphatic carbocycles. The molecular formula is C8H8BNO. The average molecular weight is 145 g/mol. The van der Waals surface area contributed by atoms with Gasteiger partial charge in [-0.3, -0.25) is 4.98 Å². The van der Waals surface area contributed by atoms with Crippen LogP contribution in [0.25, 0.3) is 0 Å². The fourth-order valence-electron chi connectivity index (χ4n) is 1.37. The number of aromatic nitrogens is 1. The van der Waals surface area contributed by atoms with Crippen LogP contribution in [0.15, 0.2) is 6.07 Å². The van der Waals surface area contributed by atoms with Gasteiger partial charge in [-0.15, -0.1) is 0 Å². The lowest BCUT2D eigenvalue weighted by Gasteiger charge is -2.03. The zero-order chi connectivity index (χ0) is 7.84. The molecule has 2 radical (unpaired) electrons. The highest BCUT2D eigenvalue weighted by Crippen LogP contribution is 2.21. The predicted molar refractivity (Wildman–Crippen MR) is 43.6 cm³/mol. The zero-order valence-corrected chi connectivity index (χ0v) is 6.42. The van der Waals surface area contributed by atoms with E-state index in [1.165, 1.54) is 5.56 Å². The lowest BCUT2D eigenvalue weighted by Crippen LogP contribution is -2.12. The number of hydrogen-bond donors (Lipinski definition) is 0. The molecule has 0 atom stereocenters. The number of rotatable bonds is 0. The first-order valence-corrected chi connectivity index (χ1v) is 3.66. The Bertz CT molecular complexity index is 298. The fourth-order valence-corrected chi connectivity index (χ4v) is 1.37. The maximum atomic E-state index is 5.64. The second-order valence-electron chi connectivity index (χ2n) is 2.74. The van der Waals surface area contributed by atoms with Gasteiger partial charge in [0.1, 0.15) is 13.6 Å². The first-order valence-electron chi connectivity index (χ1n) is 3.66. The monoisotopic (exact) mass is 145 g/mol. The standard InChI is InChI=1S/C8H8BNO/c1-5-4-6-2-3-11-7(6)8(9)10-5/h4H,2-3H2,1H3. The summed E-state index contributed by atoms with van der Waals surface area (Å²) in [5.41, 5.74) is 2.68. The van der Waals surface area contributed by atoms with E-state index in [9.17, 15) is 0 Å². The first-order chi connectivity index (χ1) is 5.27. The molecule has 2 heterocycles. The summed E-state index contributed by atoms with van der Waals surface area (Å²) in [5.74, 6) is 0.788. The summed E-state index contributed by atoms with van der Waals surface area (Å²) < 4.78 is 5.30. The van der Waals surface area contributed by atoms with Crippen LogP contribution in [-0.2, 0) is 6.42 Å². The summed E-state index contributed by atoms with van der Waals surface area (Å²) in [5, 5.41) is 0. The van der Waals surface area contributed by atoms with Gasteiger partial charge in [0, 0.05) is 23.3 Å². The van der Waals surface area contributed by atoms with E-state index in [1.54, 1.807) is 0 Å². The van der Waals surface area contributed by atoms with E-state index in [4.69, 9.17) is 12.6 Å². The zero-order valence-electron chi connectivity index (χ0n) is 6.42. The number of pyridine rings is 1. The molecule has 0 amide bonds. The van der Waals surface area contributed by atoms with Crippen molar-refractivity contribution >= 4 is 13.4 Å². The number of aryl methyl sites for hydroxylation is 1. The fraction of sp³-hybridized carbons (Fsp3) is 0.375. The van der Waals surface area contributed by atoms with Gasteiger partial charge in [-0.2, -0.15) is 0 Å². The van der Waals surface area contributed by atoms with Gasteiger partial charge >= 0.3 is 0 Å². The summed E-state index contributed by atoms with van der Waals surface area (Å²) in [7, 11) is 5.64. The molecule has 0 unspecified atom stereocenters. The van der Waals surface area contributed by atoms with Crippen LogP contribution in [0, 0.1) is 6.92 Å². The molecule has 1 aromatic heterocycles. The molecule has 3 heteroatoms. The minimum Gasteiger partial charge on any atom is -0.492 e. The van der Waals surface area contributed by atoms with E-state index in [-0.39, 0.29) is 0 Å². The summed E-state index contributed by atoms with van der Waals surface area (Å²) in [6, 6.07) is 2.03. The van der Waals surface area contributed by atoms with Gasteiger partial charge in [-0.1, -0.05) is 0 Å². The second-order valence-corrected chi connectivity index (χ2v) is 2.74. The van der Waals surface area contributed by atoms with Gasteiger partial charge < -0.3 is 4.74 Å². The Labute approximate surface area is 67.0 Å². The smallest absolute Gasteiger partial charge is 0.147 e.